The largest absolute Gasteiger partial charge is 0.508 e. The van der Waals surface area contributed by atoms with Crippen LogP contribution in [0.1, 0.15) is 17.2 Å². The van der Waals surface area contributed by atoms with Crippen LogP contribution in [0.25, 0.3) is 10.8 Å². The van der Waals surface area contributed by atoms with Gasteiger partial charge in [-0.05, 0) is 29.4 Å². The van der Waals surface area contributed by atoms with E-state index in [2.05, 4.69) is 29.6 Å². The molecule has 0 fully saturated rings. The highest BCUT2D eigenvalue weighted by molar-refractivity contribution is 5.88. The molecule has 0 aliphatic heterocycles. The monoisotopic (exact) mass is 263 g/mol. The van der Waals surface area contributed by atoms with E-state index in [-0.39, 0.29) is 6.04 Å². The highest BCUT2D eigenvalue weighted by Gasteiger charge is 2.18. The molecule has 2 N–H and O–H groups in total. The molecule has 0 saturated heterocycles. The SMILES string of the molecule is CN[C@@H](c1ccccc1)c1c(O)ccc2ccccc12. The summed E-state index contributed by atoms with van der Waals surface area (Å²) >= 11 is 0. The fourth-order valence-electron chi connectivity index (χ4n) is 2.71. The third kappa shape index (κ3) is 2.15. The second kappa shape index (κ2) is 5.35. The number of phenolic OH excluding ortho intramolecular Hbond substituents is 1. The van der Waals surface area contributed by atoms with Crippen LogP contribution in [0.2, 0.25) is 0 Å². The average molecular weight is 263 g/mol. The van der Waals surface area contributed by atoms with Gasteiger partial charge in [-0.25, -0.2) is 0 Å². The Kier molecular flexibility index (Phi) is 3.40. The fraction of sp³-hybridized carbons (Fsp3) is 0.111. The normalized spacial score (nSPS) is 12.4. The summed E-state index contributed by atoms with van der Waals surface area (Å²) in [6.07, 6.45) is 0. The summed E-state index contributed by atoms with van der Waals surface area (Å²) in [4.78, 5) is 0. The predicted octanol–water partition coefficient (Wildman–Crippen LogP) is 3.85. The van der Waals surface area contributed by atoms with E-state index in [0.29, 0.717) is 5.75 Å². The molecule has 0 spiro atoms. The van der Waals surface area contributed by atoms with Crippen LogP contribution < -0.4 is 5.32 Å². The van der Waals surface area contributed by atoms with Crippen molar-refractivity contribution in [2.45, 2.75) is 6.04 Å². The number of hydrogen-bond donors (Lipinski definition) is 2. The second-order valence-electron chi connectivity index (χ2n) is 4.85. The zero-order valence-electron chi connectivity index (χ0n) is 11.4. The highest BCUT2D eigenvalue weighted by atomic mass is 16.3. The summed E-state index contributed by atoms with van der Waals surface area (Å²) in [6, 6.07) is 22.0. The van der Waals surface area contributed by atoms with Crippen molar-refractivity contribution in [2.75, 3.05) is 7.05 Å². The number of nitrogens with one attached hydrogen (secondary N) is 1. The smallest absolute Gasteiger partial charge is 0.121 e. The first kappa shape index (κ1) is 12.7. The van der Waals surface area contributed by atoms with Crippen LogP contribution >= 0.6 is 0 Å². The Bertz CT molecular complexity index is 722. The van der Waals surface area contributed by atoms with E-state index in [4.69, 9.17) is 0 Å². The molecule has 2 heteroatoms. The van der Waals surface area contributed by atoms with Gasteiger partial charge < -0.3 is 10.4 Å². The van der Waals surface area contributed by atoms with E-state index in [1.165, 1.54) is 0 Å². The van der Waals surface area contributed by atoms with Gasteiger partial charge in [-0.2, -0.15) is 0 Å². The molecule has 0 unspecified atom stereocenters. The Morgan fingerprint density at radius 1 is 0.850 bits per heavy atom. The number of aromatic hydroxyl groups is 1. The van der Waals surface area contributed by atoms with Crippen molar-refractivity contribution in [1.82, 2.24) is 5.32 Å². The lowest BCUT2D eigenvalue weighted by atomic mass is 9.93. The minimum atomic E-state index is -0.0256. The summed E-state index contributed by atoms with van der Waals surface area (Å²) in [6.45, 7) is 0. The molecule has 1 atom stereocenters. The number of fused-ring (bicyclic) bond motifs is 1. The summed E-state index contributed by atoms with van der Waals surface area (Å²) in [7, 11) is 1.92. The van der Waals surface area contributed by atoms with Gasteiger partial charge in [-0.3, -0.25) is 0 Å². The van der Waals surface area contributed by atoms with Crippen molar-refractivity contribution in [3.05, 3.63) is 77.9 Å². The lowest BCUT2D eigenvalue weighted by Gasteiger charge is -2.20. The van der Waals surface area contributed by atoms with Gasteiger partial charge in [0.15, 0.2) is 0 Å². The predicted molar refractivity (Wildman–Crippen MR) is 83.0 cm³/mol. The summed E-state index contributed by atoms with van der Waals surface area (Å²) in [5, 5.41) is 15.9. The van der Waals surface area contributed by atoms with E-state index in [1.807, 2.05) is 43.4 Å². The van der Waals surface area contributed by atoms with E-state index in [0.717, 1.165) is 21.9 Å². The topological polar surface area (TPSA) is 32.3 Å². The first-order valence-corrected chi connectivity index (χ1v) is 6.74. The second-order valence-corrected chi connectivity index (χ2v) is 4.85. The Morgan fingerprint density at radius 2 is 1.55 bits per heavy atom. The fourth-order valence-corrected chi connectivity index (χ4v) is 2.71. The molecule has 0 aliphatic rings. The zero-order chi connectivity index (χ0) is 13.9. The van der Waals surface area contributed by atoms with Crippen molar-refractivity contribution >= 4 is 10.8 Å². The van der Waals surface area contributed by atoms with Gasteiger partial charge >= 0.3 is 0 Å². The van der Waals surface area contributed by atoms with Crippen LogP contribution in [-0.2, 0) is 0 Å². The van der Waals surface area contributed by atoms with Gasteiger partial charge in [-0.1, -0.05) is 60.7 Å². The van der Waals surface area contributed by atoms with Gasteiger partial charge in [0.2, 0.25) is 0 Å². The molecule has 2 nitrogen and oxygen atoms in total. The maximum absolute atomic E-state index is 10.3. The van der Waals surface area contributed by atoms with E-state index in [1.54, 1.807) is 6.07 Å². The van der Waals surface area contributed by atoms with Gasteiger partial charge in [0, 0.05) is 5.56 Å². The third-order valence-electron chi connectivity index (χ3n) is 3.66. The molecule has 0 aromatic heterocycles. The van der Waals surface area contributed by atoms with Crippen LogP contribution in [0.5, 0.6) is 5.75 Å². The third-order valence-corrected chi connectivity index (χ3v) is 3.66. The van der Waals surface area contributed by atoms with Crippen molar-refractivity contribution in [1.29, 1.82) is 0 Å². The van der Waals surface area contributed by atoms with Gasteiger partial charge in [-0.15, -0.1) is 0 Å². The molecule has 0 heterocycles. The molecular formula is C18H17NO. The quantitative estimate of drug-likeness (QED) is 0.752. The maximum Gasteiger partial charge on any atom is 0.121 e. The molecule has 0 radical (unpaired) electrons. The highest BCUT2D eigenvalue weighted by Crippen LogP contribution is 2.35. The molecular weight excluding hydrogens is 246 g/mol. The Labute approximate surface area is 118 Å². The minimum absolute atomic E-state index is 0.0256. The van der Waals surface area contributed by atoms with Gasteiger partial charge in [0.05, 0.1) is 6.04 Å². The molecule has 3 rings (SSSR count). The zero-order valence-corrected chi connectivity index (χ0v) is 11.4. The lowest BCUT2D eigenvalue weighted by molar-refractivity contribution is 0.462. The molecule has 0 aliphatic carbocycles. The minimum Gasteiger partial charge on any atom is -0.508 e. The Balaban J connectivity index is 2.24. The van der Waals surface area contributed by atoms with E-state index in [9.17, 15) is 5.11 Å². The molecule has 0 saturated carbocycles. The Morgan fingerprint density at radius 3 is 2.30 bits per heavy atom. The first-order chi connectivity index (χ1) is 9.81. The van der Waals surface area contributed by atoms with Crippen molar-refractivity contribution in [2.24, 2.45) is 0 Å². The van der Waals surface area contributed by atoms with Crippen molar-refractivity contribution in [3.63, 3.8) is 0 Å². The molecule has 3 aromatic rings. The Hall–Kier alpha value is -2.32. The van der Waals surface area contributed by atoms with Crippen LogP contribution in [0.3, 0.4) is 0 Å². The molecule has 0 bridgehead atoms. The maximum atomic E-state index is 10.3. The summed E-state index contributed by atoms with van der Waals surface area (Å²) in [5.74, 6) is 0.326. The average Bonchev–Trinajstić information content (AvgIpc) is 2.51. The van der Waals surface area contributed by atoms with Crippen molar-refractivity contribution < 1.29 is 5.11 Å². The van der Waals surface area contributed by atoms with Gasteiger partial charge in [0.1, 0.15) is 5.75 Å². The van der Waals surface area contributed by atoms with Crippen LogP contribution in [-0.4, -0.2) is 12.2 Å². The van der Waals surface area contributed by atoms with E-state index < -0.39 is 0 Å². The number of hydrogen-bond acceptors (Lipinski definition) is 2. The molecule has 0 amide bonds. The first-order valence-electron chi connectivity index (χ1n) is 6.74. The van der Waals surface area contributed by atoms with Crippen LogP contribution in [0.4, 0.5) is 0 Å². The summed E-state index contributed by atoms with van der Waals surface area (Å²) in [5.41, 5.74) is 2.07. The van der Waals surface area contributed by atoms with Crippen LogP contribution in [0.15, 0.2) is 66.7 Å². The summed E-state index contributed by atoms with van der Waals surface area (Å²) < 4.78 is 0. The standard InChI is InChI=1S/C18H17NO/c1-19-18(14-8-3-2-4-9-14)17-15-10-6-5-7-13(15)11-12-16(17)20/h2-12,18-20H,1H3/t18-/m0/s1. The van der Waals surface area contributed by atoms with Gasteiger partial charge in [0.25, 0.3) is 0 Å². The van der Waals surface area contributed by atoms with Crippen molar-refractivity contribution in [3.8, 4) is 5.75 Å². The molecule has 20 heavy (non-hydrogen) atoms. The number of benzene rings is 3. The number of phenols is 1. The number of rotatable bonds is 3. The molecule has 100 valence electrons. The van der Waals surface area contributed by atoms with Crippen LogP contribution in [0, 0.1) is 0 Å². The molecule has 3 aromatic carbocycles. The lowest BCUT2D eigenvalue weighted by Crippen LogP contribution is -2.18. The van der Waals surface area contributed by atoms with E-state index >= 15 is 0 Å².